The molecule has 0 amide bonds. The summed E-state index contributed by atoms with van der Waals surface area (Å²) in [4.78, 5) is 14.2. The number of aliphatic hydroxyl groups is 1. The molecule has 0 radical (unpaired) electrons. The number of sulfonamides is 1. The van der Waals surface area contributed by atoms with Crippen LogP contribution < -0.4 is 14.4 Å². The van der Waals surface area contributed by atoms with Crippen LogP contribution in [0.2, 0.25) is 0 Å². The Morgan fingerprint density at radius 3 is 2.54 bits per heavy atom. The molecule has 0 unspecified atom stereocenters. The third-order valence-electron chi connectivity index (χ3n) is 5.43. The normalized spacial score (nSPS) is 11.1. The number of aliphatic hydroxyl groups excluding tert-OH is 1. The summed E-state index contributed by atoms with van der Waals surface area (Å²) < 4.78 is 39.0. The molecule has 0 aliphatic heterocycles. The van der Waals surface area contributed by atoms with Crippen molar-refractivity contribution in [3.63, 3.8) is 0 Å². The molecule has 2 aromatic carbocycles. The van der Waals surface area contributed by atoms with Gasteiger partial charge in [-0.1, -0.05) is 12.1 Å². The third-order valence-corrected chi connectivity index (χ3v) is 6.02. The number of ether oxygens (including phenoxy) is 2. The number of hydrogen-bond donors (Lipinski definition) is 2. The van der Waals surface area contributed by atoms with Crippen LogP contribution in [0.15, 0.2) is 42.5 Å². The molecular formula is C24H32ClN3O6S. The first-order valence-corrected chi connectivity index (χ1v) is 12.9. The average molecular weight is 526 g/mol. The van der Waals surface area contributed by atoms with E-state index in [1.54, 1.807) is 35.8 Å². The van der Waals surface area contributed by atoms with Crippen molar-refractivity contribution in [1.29, 1.82) is 0 Å². The highest BCUT2D eigenvalue weighted by atomic mass is 35.5. The summed E-state index contributed by atoms with van der Waals surface area (Å²) >= 11 is 0. The van der Waals surface area contributed by atoms with Crippen molar-refractivity contribution < 1.29 is 27.8 Å². The number of fused-ring (bicyclic) bond motifs is 1. The Morgan fingerprint density at radius 2 is 1.89 bits per heavy atom. The van der Waals surface area contributed by atoms with Crippen LogP contribution in [-0.4, -0.2) is 63.2 Å². The van der Waals surface area contributed by atoms with Crippen LogP contribution in [0.1, 0.15) is 23.0 Å². The van der Waals surface area contributed by atoms with Gasteiger partial charge in [-0.05, 0) is 43.7 Å². The Balaban J connectivity index is 0.00000432. The number of hydrogen-bond acceptors (Lipinski definition) is 7. The first-order valence-electron chi connectivity index (χ1n) is 11.0. The number of aromatic nitrogens is 1. The maximum absolute atomic E-state index is 12.4. The predicted octanol–water partition coefficient (Wildman–Crippen LogP) is 3.33. The number of halogens is 1. The maximum Gasteiger partial charge on any atom is 0.355 e. The zero-order chi connectivity index (χ0) is 24.9. The monoisotopic (exact) mass is 525 g/mol. The largest absolute Gasteiger partial charge is 0.492 e. The van der Waals surface area contributed by atoms with Gasteiger partial charge >= 0.3 is 5.97 Å². The fraction of sp³-hybridized carbons (Fsp3) is 0.375. The number of esters is 1. The number of carbonyl (C=O) groups is 1. The van der Waals surface area contributed by atoms with Crippen molar-refractivity contribution in [3.05, 3.63) is 53.7 Å². The minimum absolute atomic E-state index is 0. The molecule has 0 saturated carbocycles. The molecule has 35 heavy (non-hydrogen) atoms. The van der Waals surface area contributed by atoms with Crippen LogP contribution in [0.4, 0.5) is 11.4 Å². The molecule has 192 valence electrons. The van der Waals surface area contributed by atoms with Crippen LogP contribution in [0, 0.1) is 6.92 Å². The summed E-state index contributed by atoms with van der Waals surface area (Å²) in [6.07, 6.45) is 1.10. The minimum atomic E-state index is -3.45. The number of rotatable bonds is 11. The average Bonchev–Trinajstić information content (AvgIpc) is 3.02. The van der Waals surface area contributed by atoms with E-state index < -0.39 is 10.0 Å². The predicted molar refractivity (Wildman–Crippen MR) is 141 cm³/mol. The van der Waals surface area contributed by atoms with Gasteiger partial charge in [0.05, 0.1) is 42.9 Å². The SMILES string of the molecule is CCOC(=O)c1c(C)c2ccc(OCCN(CCO)c3ccccc3NS(C)(=O)=O)cc2n1C.Cl. The molecule has 3 rings (SSSR count). The molecule has 3 aromatic rings. The molecule has 0 saturated heterocycles. The molecule has 1 heterocycles. The summed E-state index contributed by atoms with van der Waals surface area (Å²) in [6.45, 7) is 4.90. The van der Waals surface area contributed by atoms with Gasteiger partial charge in [-0.2, -0.15) is 0 Å². The van der Waals surface area contributed by atoms with Gasteiger partial charge in [0.1, 0.15) is 18.1 Å². The second kappa shape index (κ2) is 12.1. The van der Waals surface area contributed by atoms with Crippen molar-refractivity contribution in [1.82, 2.24) is 4.57 Å². The van der Waals surface area contributed by atoms with E-state index in [-0.39, 0.29) is 25.0 Å². The van der Waals surface area contributed by atoms with Crippen LogP contribution >= 0.6 is 12.4 Å². The number of benzene rings is 2. The van der Waals surface area contributed by atoms with Crippen LogP contribution in [0.5, 0.6) is 5.75 Å². The Morgan fingerprint density at radius 1 is 1.17 bits per heavy atom. The summed E-state index contributed by atoms with van der Waals surface area (Å²) in [7, 11) is -1.63. The number of anilines is 2. The second-order valence-electron chi connectivity index (χ2n) is 7.88. The summed E-state index contributed by atoms with van der Waals surface area (Å²) in [5.74, 6) is 0.275. The molecule has 0 bridgehead atoms. The van der Waals surface area contributed by atoms with E-state index in [2.05, 4.69) is 4.72 Å². The Labute approximate surface area is 212 Å². The van der Waals surface area contributed by atoms with Crippen LogP contribution in [-0.2, 0) is 21.8 Å². The summed E-state index contributed by atoms with van der Waals surface area (Å²) in [5, 5.41) is 10.5. The fourth-order valence-electron chi connectivity index (χ4n) is 3.97. The van der Waals surface area contributed by atoms with Gasteiger partial charge in [-0.15, -0.1) is 12.4 Å². The summed E-state index contributed by atoms with van der Waals surface area (Å²) in [5.41, 5.74) is 3.31. The first kappa shape index (κ1) is 28.3. The molecule has 0 aliphatic rings. The van der Waals surface area contributed by atoms with Gasteiger partial charge < -0.3 is 24.0 Å². The van der Waals surface area contributed by atoms with Crippen molar-refractivity contribution in [2.45, 2.75) is 13.8 Å². The van der Waals surface area contributed by atoms with Crippen LogP contribution in [0.3, 0.4) is 0 Å². The lowest BCUT2D eigenvalue weighted by atomic mass is 10.1. The topological polar surface area (TPSA) is 110 Å². The quantitative estimate of drug-likeness (QED) is 0.369. The Hall–Kier alpha value is -2.95. The number of para-hydroxylation sites is 2. The highest BCUT2D eigenvalue weighted by Gasteiger charge is 2.20. The van der Waals surface area contributed by atoms with E-state index in [1.165, 1.54) is 0 Å². The highest BCUT2D eigenvalue weighted by Crippen LogP contribution is 2.29. The molecule has 2 N–H and O–H groups in total. The Bertz CT molecular complexity index is 1280. The van der Waals surface area contributed by atoms with E-state index >= 15 is 0 Å². The number of aryl methyl sites for hydroxylation is 2. The molecule has 11 heteroatoms. The smallest absolute Gasteiger partial charge is 0.355 e. The van der Waals surface area contributed by atoms with Gasteiger partial charge in [-0.25, -0.2) is 13.2 Å². The molecule has 0 aliphatic carbocycles. The lowest BCUT2D eigenvalue weighted by Crippen LogP contribution is -2.32. The summed E-state index contributed by atoms with van der Waals surface area (Å²) in [6, 6.07) is 12.7. The van der Waals surface area contributed by atoms with Gasteiger partial charge in [0, 0.05) is 25.0 Å². The van der Waals surface area contributed by atoms with Gasteiger partial charge in [-0.3, -0.25) is 4.72 Å². The molecular weight excluding hydrogens is 494 g/mol. The van der Waals surface area contributed by atoms with E-state index in [0.29, 0.717) is 49.1 Å². The maximum atomic E-state index is 12.4. The lowest BCUT2D eigenvalue weighted by Gasteiger charge is -2.26. The molecule has 1 aromatic heterocycles. The minimum Gasteiger partial charge on any atom is -0.492 e. The molecule has 9 nitrogen and oxygen atoms in total. The van der Waals surface area contributed by atoms with Crippen LogP contribution in [0.25, 0.3) is 10.9 Å². The zero-order valence-corrected chi connectivity index (χ0v) is 21.9. The fourth-order valence-corrected chi connectivity index (χ4v) is 4.54. The van der Waals surface area contributed by atoms with Gasteiger partial charge in [0.2, 0.25) is 10.0 Å². The zero-order valence-electron chi connectivity index (χ0n) is 20.3. The van der Waals surface area contributed by atoms with E-state index in [9.17, 15) is 18.3 Å². The van der Waals surface area contributed by atoms with Crippen molar-refractivity contribution in [2.75, 3.05) is 48.8 Å². The lowest BCUT2D eigenvalue weighted by molar-refractivity contribution is 0.0515. The van der Waals surface area contributed by atoms with E-state index in [0.717, 1.165) is 22.7 Å². The number of nitrogens with zero attached hydrogens (tertiary/aromatic N) is 2. The molecule has 0 spiro atoms. The van der Waals surface area contributed by atoms with Gasteiger partial charge in [0.25, 0.3) is 0 Å². The van der Waals surface area contributed by atoms with Crippen molar-refractivity contribution >= 4 is 50.7 Å². The van der Waals surface area contributed by atoms with E-state index in [1.807, 2.05) is 37.1 Å². The van der Waals surface area contributed by atoms with Crippen molar-refractivity contribution in [3.8, 4) is 5.75 Å². The molecule has 0 atom stereocenters. The highest BCUT2D eigenvalue weighted by molar-refractivity contribution is 7.92. The standard InChI is InChI=1S/C24H31N3O6S.ClH/c1-5-32-24(29)23-17(2)19-11-10-18(16-22(19)26(23)3)33-15-13-27(12-14-28)21-9-7-6-8-20(21)25-34(4,30)31;/h6-11,16,25,28H,5,12-15H2,1-4H3;1H. The van der Waals surface area contributed by atoms with Crippen molar-refractivity contribution in [2.24, 2.45) is 7.05 Å². The molecule has 0 fully saturated rings. The number of carbonyl (C=O) groups excluding carboxylic acids is 1. The third kappa shape index (κ3) is 6.81. The van der Waals surface area contributed by atoms with Gasteiger partial charge in [0.15, 0.2) is 0 Å². The first-order chi connectivity index (χ1) is 16.2. The van der Waals surface area contributed by atoms with E-state index in [4.69, 9.17) is 9.47 Å². The number of nitrogens with one attached hydrogen (secondary N) is 1. The Kier molecular flexibility index (Phi) is 9.82. The second-order valence-corrected chi connectivity index (χ2v) is 9.63.